The van der Waals surface area contributed by atoms with Gasteiger partial charge < -0.3 is 23.7 Å². The van der Waals surface area contributed by atoms with Crippen molar-refractivity contribution in [1.29, 1.82) is 0 Å². The molecule has 2 aromatic rings. The van der Waals surface area contributed by atoms with Crippen LogP contribution in [0.5, 0.6) is 0 Å². The quantitative estimate of drug-likeness (QED) is 0.114. The van der Waals surface area contributed by atoms with Crippen LogP contribution in [-0.4, -0.2) is 58.7 Å². The fourth-order valence-electron chi connectivity index (χ4n) is 7.38. The van der Waals surface area contributed by atoms with E-state index in [4.69, 9.17) is 18.6 Å². The van der Waals surface area contributed by atoms with Crippen molar-refractivity contribution in [3.05, 3.63) is 72.8 Å². The number of aliphatic hydroxyl groups is 1. The number of hydrogen-bond donors (Lipinski definition) is 1. The number of esters is 1. The summed E-state index contributed by atoms with van der Waals surface area (Å²) in [5.41, 5.74) is -0.310. The molecule has 1 N–H and O–H groups in total. The van der Waals surface area contributed by atoms with E-state index in [-0.39, 0.29) is 47.3 Å². The number of hydrogen-bond acceptors (Lipinski definition) is 6. The van der Waals surface area contributed by atoms with Crippen molar-refractivity contribution in [3.63, 3.8) is 0 Å². The Morgan fingerprint density at radius 2 is 1.70 bits per heavy atom. The minimum atomic E-state index is -2.76. The molecule has 4 rings (SSSR count). The fraction of sp³-hybridized carbons (Fsp3) is 0.595. The second kappa shape index (κ2) is 15.8. The third-order valence-electron chi connectivity index (χ3n) is 9.83. The maximum atomic E-state index is 11.5. The van der Waals surface area contributed by atoms with Gasteiger partial charge in [0.1, 0.15) is 0 Å². The van der Waals surface area contributed by atoms with Gasteiger partial charge in [0, 0.05) is 32.2 Å². The molecule has 1 saturated heterocycles. The predicted octanol–water partition coefficient (Wildman–Crippen LogP) is 6.40. The van der Waals surface area contributed by atoms with Crippen LogP contribution >= 0.6 is 0 Å². The van der Waals surface area contributed by atoms with Gasteiger partial charge in [0.15, 0.2) is 6.29 Å². The largest absolute Gasteiger partial charge is 0.469 e. The summed E-state index contributed by atoms with van der Waals surface area (Å²) in [6, 6.07) is 21.5. The fourth-order valence-corrected chi connectivity index (χ4v) is 12.0. The molecule has 7 heteroatoms. The molecule has 5 atom stereocenters. The van der Waals surface area contributed by atoms with Crippen LogP contribution in [0.15, 0.2) is 72.8 Å². The maximum Gasteiger partial charge on any atom is 0.305 e. The Balaban J connectivity index is 1.66. The van der Waals surface area contributed by atoms with E-state index in [0.717, 1.165) is 51.6 Å². The van der Waals surface area contributed by atoms with Gasteiger partial charge in [-0.15, -0.1) is 0 Å². The first-order valence-electron chi connectivity index (χ1n) is 16.5. The molecular formula is C37H54O6Si. The highest BCUT2D eigenvalue weighted by molar-refractivity contribution is 6.99. The number of carbonyl (C=O) groups is 1. The smallest absolute Gasteiger partial charge is 0.305 e. The molecule has 1 aliphatic carbocycles. The lowest BCUT2D eigenvalue weighted by atomic mass is 9.75. The number of ether oxygens (including phenoxy) is 3. The normalized spacial score (nSPS) is 26.2. The highest BCUT2D eigenvalue weighted by Crippen LogP contribution is 2.51. The van der Waals surface area contributed by atoms with Gasteiger partial charge in [-0.05, 0) is 71.7 Å². The molecule has 0 spiro atoms. The average molecular weight is 623 g/mol. The van der Waals surface area contributed by atoms with Gasteiger partial charge in [0.25, 0.3) is 8.32 Å². The van der Waals surface area contributed by atoms with Crippen molar-refractivity contribution in [3.8, 4) is 0 Å². The van der Waals surface area contributed by atoms with Crippen molar-refractivity contribution < 1.29 is 28.5 Å². The second-order valence-electron chi connectivity index (χ2n) is 13.9. The van der Waals surface area contributed by atoms with Crippen LogP contribution in [-0.2, 0) is 23.4 Å². The van der Waals surface area contributed by atoms with E-state index < -0.39 is 8.32 Å². The average Bonchev–Trinajstić information content (AvgIpc) is 3.29. The van der Waals surface area contributed by atoms with Gasteiger partial charge in [0.05, 0.1) is 13.2 Å². The molecular weight excluding hydrogens is 568 g/mol. The van der Waals surface area contributed by atoms with Gasteiger partial charge in [-0.2, -0.15) is 0 Å². The third-order valence-corrected chi connectivity index (χ3v) is 14.8. The number of methoxy groups -OCH3 is 1. The minimum absolute atomic E-state index is 0.0776. The van der Waals surface area contributed by atoms with Crippen molar-refractivity contribution in [2.45, 2.75) is 96.5 Å². The first kappa shape index (κ1) is 34.6. The summed E-state index contributed by atoms with van der Waals surface area (Å²) < 4.78 is 25.1. The van der Waals surface area contributed by atoms with E-state index in [9.17, 15) is 9.90 Å². The minimum Gasteiger partial charge on any atom is -0.469 e. The molecule has 0 bridgehead atoms. The third kappa shape index (κ3) is 8.10. The summed E-state index contributed by atoms with van der Waals surface area (Å²) in [6.45, 7) is 10.5. The van der Waals surface area contributed by atoms with Gasteiger partial charge in [-0.3, -0.25) is 4.79 Å². The number of aliphatic hydroxyl groups excluding tert-OH is 1. The molecule has 2 aromatic carbocycles. The van der Waals surface area contributed by atoms with Crippen LogP contribution in [0.2, 0.25) is 5.04 Å². The van der Waals surface area contributed by atoms with Crippen LogP contribution in [0.3, 0.4) is 0 Å². The van der Waals surface area contributed by atoms with Crippen molar-refractivity contribution in [2.75, 3.05) is 26.9 Å². The Morgan fingerprint density at radius 3 is 2.25 bits per heavy atom. The van der Waals surface area contributed by atoms with Gasteiger partial charge in [-0.25, -0.2) is 0 Å². The Hall–Kier alpha value is -2.29. The van der Waals surface area contributed by atoms with E-state index in [2.05, 4.69) is 101 Å². The van der Waals surface area contributed by atoms with Gasteiger partial charge in [-0.1, -0.05) is 101 Å². The second-order valence-corrected chi connectivity index (χ2v) is 18.2. The highest BCUT2D eigenvalue weighted by atomic mass is 28.4. The molecule has 44 heavy (non-hydrogen) atoms. The maximum absolute atomic E-state index is 11.5. The predicted molar refractivity (Wildman–Crippen MR) is 178 cm³/mol. The monoisotopic (exact) mass is 622 g/mol. The van der Waals surface area contributed by atoms with E-state index in [1.165, 1.54) is 17.5 Å². The van der Waals surface area contributed by atoms with Crippen LogP contribution < -0.4 is 10.4 Å². The SMILES string of the molecule is COC(=O)CCC/C=C\C[C@@H]1[C@@H](CO[Si](c2ccccc2)(c2ccccc2)C(C)(C)C)[C@H](OC2CCCCO2)C[C@]1(C)CO. The molecule has 1 heterocycles. The number of allylic oxidation sites excluding steroid dienone is 2. The van der Waals surface area contributed by atoms with E-state index >= 15 is 0 Å². The summed E-state index contributed by atoms with van der Waals surface area (Å²) in [4.78, 5) is 11.5. The van der Waals surface area contributed by atoms with Crippen molar-refractivity contribution in [2.24, 2.45) is 17.3 Å². The molecule has 6 nitrogen and oxygen atoms in total. The molecule has 0 amide bonds. The Labute approximate surface area is 266 Å². The van der Waals surface area contributed by atoms with E-state index in [1.54, 1.807) is 0 Å². The summed E-state index contributed by atoms with van der Waals surface area (Å²) in [6.07, 6.45) is 10.8. The van der Waals surface area contributed by atoms with Crippen LogP contribution in [0, 0.1) is 17.3 Å². The number of rotatable bonds is 14. The molecule has 0 aromatic heterocycles. The van der Waals surface area contributed by atoms with Crippen LogP contribution in [0.1, 0.15) is 79.1 Å². The number of carbonyl (C=O) groups excluding carboxylic acids is 1. The lowest BCUT2D eigenvalue weighted by molar-refractivity contribution is -0.198. The Kier molecular flexibility index (Phi) is 12.4. The zero-order valence-corrected chi connectivity index (χ0v) is 28.5. The summed E-state index contributed by atoms with van der Waals surface area (Å²) >= 11 is 0. The lowest BCUT2D eigenvalue weighted by Crippen LogP contribution is -2.67. The first-order valence-corrected chi connectivity index (χ1v) is 18.4. The topological polar surface area (TPSA) is 74.2 Å². The van der Waals surface area contributed by atoms with E-state index in [1.807, 2.05) is 0 Å². The summed E-state index contributed by atoms with van der Waals surface area (Å²) in [5, 5.41) is 13.2. The molecule has 1 aliphatic heterocycles. The van der Waals surface area contributed by atoms with Crippen molar-refractivity contribution >= 4 is 24.7 Å². The Bertz CT molecular complexity index is 1130. The summed E-state index contributed by atoms with van der Waals surface area (Å²) in [7, 11) is -1.33. The molecule has 2 fully saturated rings. The number of unbranched alkanes of at least 4 members (excludes halogenated alkanes) is 1. The highest BCUT2D eigenvalue weighted by Gasteiger charge is 2.55. The standard InChI is InChI=1S/C37H54O6Si/c1-36(2,3)44(29-18-10-8-11-19-29,30-20-12-9-13-21-30)42-27-31-32(22-14-6-7-15-23-34(39)40-5)37(4,28-38)26-33(31)43-35-24-16-17-25-41-35/h6,8-14,18-21,31-33,35,38H,7,15-17,22-28H2,1-5H3/b14-6-/t31-,32-,33-,35?,37-/m1/s1. The molecule has 1 saturated carbocycles. The first-order chi connectivity index (χ1) is 21.1. The van der Waals surface area contributed by atoms with Gasteiger partial charge in [0.2, 0.25) is 0 Å². The summed E-state index contributed by atoms with van der Waals surface area (Å²) in [5.74, 6) is 0.0720. The number of benzene rings is 2. The molecule has 0 radical (unpaired) electrons. The van der Waals surface area contributed by atoms with Crippen molar-refractivity contribution in [1.82, 2.24) is 0 Å². The van der Waals surface area contributed by atoms with Gasteiger partial charge >= 0.3 is 5.97 Å². The molecule has 242 valence electrons. The Morgan fingerprint density at radius 1 is 1.05 bits per heavy atom. The molecule has 1 unspecified atom stereocenters. The van der Waals surface area contributed by atoms with Crippen LogP contribution in [0.4, 0.5) is 0 Å². The lowest BCUT2D eigenvalue weighted by Gasteiger charge is -2.44. The zero-order chi connectivity index (χ0) is 31.6. The van der Waals surface area contributed by atoms with Crippen LogP contribution in [0.25, 0.3) is 0 Å². The van der Waals surface area contributed by atoms with E-state index in [0.29, 0.717) is 13.0 Å². The zero-order valence-electron chi connectivity index (χ0n) is 27.5. The molecule has 2 aliphatic rings.